The molecule has 32 heavy (non-hydrogen) atoms. The number of hydrogen-bond acceptors (Lipinski definition) is 3. The minimum absolute atomic E-state index is 0.211. The Morgan fingerprint density at radius 1 is 0.906 bits per heavy atom. The number of aryl methyl sites for hydroxylation is 2. The summed E-state index contributed by atoms with van der Waals surface area (Å²) in [6, 6.07) is 17.9. The van der Waals surface area contributed by atoms with Crippen molar-refractivity contribution in [2.24, 2.45) is 0 Å². The Morgan fingerprint density at radius 3 is 2.19 bits per heavy atom. The minimum Gasteiger partial charge on any atom is -0.326 e. The van der Waals surface area contributed by atoms with Crippen molar-refractivity contribution in [3.8, 4) is 6.07 Å². The molecular formula is C25H21Cl2N3O2. The van der Waals surface area contributed by atoms with Gasteiger partial charge < -0.3 is 10.6 Å². The lowest BCUT2D eigenvalue weighted by Crippen LogP contribution is -2.15. The zero-order valence-electron chi connectivity index (χ0n) is 17.8. The predicted molar refractivity (Wildman–Crippen MR) is 129 cm³/mol. The van der Waals surface area contributed by atoms with Crippen LogP contribution in [0.25, 0.3) is 0 Å². The van der Waals surface area contributed by atoms with E-state index in [2.05, 4.69) is 16.7 Å². The maximum Gasteiger partial charge on any atom is 0.255 e. The van der Waals surface area contributed by atoms with Gasteiger partial charge in [0, 0.05) is 33.9 Å². The van der Waals surface area contributed by atoms with Gasteiger partial charge in [0.1, 0.15) is 0 Å². The summed E-state index contributed by atoms with van der Waals surface area (Å²) in [5.74, 6) is -1.12. The molecule has 2 N–H and O–H groups in total. The molecule has 0 saturated carbocycles. The summed E-state index contributed by atoms with van der Waals surface area (Å²) >= 11 is 12.5. The van der Waals surface area contributed by atoms with Gasteiger partial charge in [-0.05, 0) is 66.4 Å². The van der Waals surface area contributed by atoms with Gasteiger partial charge in [0.2, 0.25) is 5.91 Å². The van der Waals surface area contributed by atoms with Gasteiger partial charge in [-0.25, -0.2) is 0 Å². The number of carbonyl (C=O) groups is 2. The van der Waals surface area contributed by atoms with Gasteiger partial charge in [-0.1, -0.05) is 47.5 Å². The highest BCUT2D eigenvalue weighted by Gasteiger charge is 2.19. The Hall–Kier alpha value is -3.33. The smallest absolute Gasteiger partial charge is 0.255 e. The Kier molecular flexibility index (Phi) is 7.19. The monoisotopic (exact) mass is 465 g/mol. The fraction of sp³-hybridized carbons (Fsp3) is 0.160. The SMILES string of the molecule is CC(=O)Nc1cc(C(=O)Nc2cc(Cl)c(C(C#N)c3ccc(Cl)cc3)cc2C)ccc1C. The lowest BCUT2D eigenvalue weighted by molar-refractivity contribution is -0.114. The van der Waals surface area contributed by atoms with Crippen LogP contribution >= 0.6 is 23.2 Å². The molecule has 0 aromatic heterocycles. The van der Waals surface area contributed by atoms with Gasteiger partial charge in [0.05, 0.1) is 12.0 Å². The third-order valence-electron chi connectivity index (χ3n) is 5.05. The summed E-state index contributed by atoms with van der Waals surface area (Å²) in [4.78, 5) is 24.2. The average molecular weight is 466 g/mol. The highest BCUT2D eigenvalue weighted by Crippen LogP contribution is 2.34. The molecule has 2 amide bonds. The van der Waals surface area contributed by atoms with E-state index in [0.29, 0.717) is 32.5 Å². The number of nitrogens with zero attached hydrogens (tertiary/aromatic N) is 1. The van der Waals surface area contributed by atoms with Crippen molar-refractivity contribution in [3.63, 3.8) is 0 Å². The van der Waals surface area contributed by atoms with Crippen LogP contribution in [0.2, 0.25) is 10.0 Å². The van der Waals surface area contributed by atoms with Crippen molar-refractivity contribution in [3.05, 3.63) is 92.5 Å². The van der Waals surface area contributed by atoms with E-state index < -0.39 is 5.92 Å². The number of hydrogen-bond donors (Lipinski definition) is 2. The predicted octanol–water partition coefficient (Wildman–Crippen LogP) is 6.48. The lowest BCUT2D eigenvalue weighted by Gasteiger charge is -2.16. The first-order chi connectivity index (χ1) is 15.2. The third-order valence-corrected chi connectivity index (χ3v) is 5.63. The van der Waals surface area contributed by atoms with E-state index in [1.165, 1.54) is 6.92 Å². The van der Waals surface area contributed by atoms with Crippen LogP contribution in [0.3, 0.4) is 0 Å². The Bertz CT molecular complexity index is 1230. The third kappa shape index (κ3) is 5.28. The molecular weight excluding hydrogens is 445 g/mol. The van der Waals surface area contributed by atoms with E-state index in [1.54, 1.807) is 54.6 Å². The molecule has 3 aromatic carbocycles. The van der Waals surface area contributed by atoms with E-state index >= 15 is 0 Å². The summed E-state index contributed by atoms with van der Waals surface area (Å²) in [7, 11) is 0. The maximum atomic E-state index is 12.8. The Balaban J connectivity index is 1.88. The fourth-order valence-corrected chi connectivity index (χ4v) is 3.72. The largest absolute Gasteiger partial charge is 0.326 e. The second kappa shape index (κ2) is 9.86. The van der Waals surface area contributed by atoms with Gasteiger partial charge >= 0.3 is 0 Å². The van der Waals surface area contributed by atoms with Gasteiger partial charge in [-0.3, -0.25) is 9.59 Å². The van der Waals surface area contributed by atoms with Crippen LogP contribution in [0.15, 0.2) is 54.6 Å². The molecule has 0 radical (unpaired) electrons. The first-order valence-corrected chi connectivity index (χ1v) is 10.6. The molecule has 3 rings (SSSR count). The van der Waals surface area contributed by atoms with E-state index in [-0.39, 0.29) is 11.8 Å². The summed E-state index contributed by atoms with van der Waals surface area (Å²) in [6.45, 7) is 5.10. The fourth-order valence-electron chi connectivity index (χ4n) is 3.32. The van der Waals surface area contributed by atoms with Gasteiger partial charge in [0.25, 0.3) is 5.91 Å². The van der Waals surface area contributed by atoms with Crippen molar-refractivity contribution in [1.29, 1.82) is 5.26 Å². The molecule has 0 aliphatic heterocycles. The molecule has 3 aromatic rings. The summed E-state index contributed by atoms with van der Waals surface area (Å²) in [5, 5.41) is 16.3. The molecule has 7 heteroatoms. The lowest BCUT2D eigenvalue weighted by atomic mass is 9.91. The zero-order valence-corrected chi connectivity index (χ0v) is 19.3. The number of benzene rings is 3. The van der Waals surface area contributed by atoms with E-state index in [0.717, 1.165) is 16.7 Å². The second-order valence-electron chi connectivity index (χ2n) is 7.47. The molecule has 0 aliphatic carbocycles. The van der Waals surface area contributed by atoms with Crippen LogP contribution in [0.4, 0.5) is 11.4 Å². The van der Waals surface area contributed by atoms with E-state index in [9.17, 15) is 14.9 Å². The topological polar surface area (TPSA) is 82.0 Å². The van der Waals surface area contributed by atoms with E-state index in [4.69, 9.17) is 23.2 Å². The highest BCUT2D eigenvalue weighted by atomic mass is 35.5. The summed E-state index contributed by atoms with van der Waals surface area (Å²) in [6.07, 6.45) is 0. The van der Waals surface area contributed by atoms with Crippen LogP contribution in [0, 0.1) is 25.2 Å². The average Bonchev–Trinajstić information content (AvgIpc) is 2.74. The zero-order chi connectivity index (χ0) is 23.4. The molecule has 0 spiro atoms. The Morgan fingerprint density at radius 2 is 1.56 bits per heavy atom. The Labute approximate surface area is 197 Å². The van der Waals surface area contributed by atoms with Crippen molar-refractivity contribution in [1.82, 2.24) is 0 Å². The van der Waals surface area contributed by atoms with Crippen molar-refractivity contribution >= 4 is 46.4 Å². The van der Waals surface area contributed by atoms with Crippen LogP contribution in [0.1, 0.15) is 45.5 Å². The van der Waals surface area contributed by atoms with Crippen molar-refractivity contribution in [2.45, 2.75) is 26.7 Å². The first kappa shape index (κ1) is 23.3. The molecule has 0 fully saturated rings. The standard InChI is InChI=1S/C25H21Cl2N3O2/c1-14-4-5-18(11-23(14)29-16(3)31)25(32)30-24-12-22(27)20(10-15(24)2)21(13-28)17-6-8-19(26)9-7-17/h4-12,21H,1-3H3,(H,29,31)(H,30,32). The van der Waals surface area contributed by atoms with Crippen LogP contribution < -0.4 is 10.6 Å². The maximum absolute atomic E-state index is 12.8. The quantitative estimate of drug-likeness (QED) is 0.452. The van der Waals surface area contributed by atoms with Crippen LogP contribution in [-0.4, -0.2) is 11.8 Å². The van der Waals surface area contributed by atoms with Gasteiger partial charge in [-0.15, -0.1) is 0 Å². The normalized spacial score (nSPS) is 11.4. The second-order valence-corrected chi connectivity index (χ2v) is 8.31. The summed E-state index contributed by atoms with van der Waals surface area (Å²) in [5.41, 5.74) is 4.56. The molecule has 0 saturated heterocycles. The molecule has 0 bridgehead atoms. The molecule has 162 valence electrons. The van der Waals surface area contributed by atoms with E-state index in [1.807, 2.05) is 13.8 Å². The first-order valence-electron chi connectivity index (χ1n) is 9.84. The number of nitrogens with one attached hydrogen (secondary N) is 2. The van der Waals surface area contributed by atoms with Crippen molar-refractivity contribution in [2.75, 3.05) is 10.6 Å². The number of halogens is 2. The van der Waals surface area contributed by atoms with Crippen LogP contribution in [-0.2, 0) is 4.79 Å². The number of anilines is 2. The molecule has 0 aliphatic rings. The minimum atomic E-state index is -0.569. The molecule has 5 nitrogen and oxygen atoms in total. The molecule has 1 atom stereocenters. The van der Waals surface area contributed by atoms with Crippen molar-refractivity contribution < 1.29 is 9.59 Å². The van der Waals surface area contributed by atoms with Gasteiger partial charge in [0.15, 0.2) is 0 Å². The number of carbonyl (C=O) groups excluding carboxylic acids is 2. The number of amides is 2. The molecule has 0 heterocycles. The number of nitriles is 1. The summed E-state index contributed by atoms with van der Waals surface area (Å²) < 4.78 is 0. The highest BCUT2D eigenvalue weighted by molar-refractivity contribution is 6.32. The number of rotatable bonds is 5. The van der Waals surface area contributed by atoms with Crippen LogP contribution in [0.5, 0.6) is 0 Å². The molecule has 1 unspecified atom stereocenters. The van der Waals surface area contributed by atoms with Gasteiger partial charge in [-0.2, -0.15) is 5.26 Å².